The van der Waals surface area contributed by atoms with Crippen molar-refractivity contribution in [1.82, 2.24) is 4.90 Å². The third-order valence-corrected chi connectivity index (χ3v) is 3.22. The third kappa shape index (κ3) is 3.24. The van der Waals surface area contributed by atoms with E-state index in [9.17, 15) is 4.79 Å². The van der Waals surface area contributed by atoms with E-state index in [2.05, 4.69) is 41.5 Å². The second-order valence-electron chi connectivity index (χ2n) is 6.87. The zero-order valence-corrected chi connectivity index (χ0v) is 12.2. The van der Waals surface area contributed by atoms with Gasteiger partial charge in [0.2, 0.25) is 0 Å². The van der Waals surface area contributed by atoms with E-state index in [1.165, 1.54) is 11.1 Å². The topological polar surface area (TPSA) is 29.5 Å². The molecule has 0 spiro atoms. The Labute approximate surface area is 105 Å². The van der Waals surface area contributed by atoms with Gasteiger partial charge in [0.1, 0.15) is 6.61 Å². The molecule has 3 nitrogen and oxygen atoms in total. The Hall–Kier alpha value is -0.990. The van der Waals surface area contributed by atoms with Gasteiger partial charge in [0, 0.05) is 13.6 Å². The van der Waals surface area contributed by atoms with Crippen molar-refractivity contribution in [3.63, 3.8) is 0 Å². The van der Waals surface area contributed by atoms with Crippen LogP contribution in [0.3, 0.4) is 0 Å². The van der Waals surface area contributed by atoms with Gasteiger partial charge in [0.15, 0.2) is 0 Å². The quantitative estimate of drug-likeness (QED) is 0.606. The predicted octanol–water partition coefficient (Wildman–Crippen LogP) is 3.46. The van der Waals surface area contributed by atoms with Gasteiger partial charge in [0.05, 0.1) is 0 Å². The van der Waals surface area contributed by atoms with Crippen LogP contribution in [0, 0.1) is 10.8 Å². The number of carbonyl (C=O) groups is 1. The average Bonchev–Trinajstić information content (AvgIpc) is 2.25. The van der Waals surface area contributed by atoms with Crippen molar-refractivity contribution >= 4 is 6.09 Å². The van der Waals surface area contributed by atoms with E-state index < -0.39 is 0 Å². The zero-order chi connectivity index (χ0) is 13.4. The first-order valence-electron chi connectivity index (χ1n) is 6.14. The van der Waals surface area contributed by atoms with Crippen LogP contribution in [-0.4, -0.2) is 31.2 Å². The Morgan fingerprint density at radius 3 is 1.88 bits per heavy atom. The molecule has 0 saturated heterocycles. The number of amides is 1. The molecule has 1 amide bonds. The van der Waals surface area contributed by atoms with Gasteiger partial charge in [-0.15, -0.1) is 0 Å². The monoisotopic (exact) mass is 239 g/mol. The molecular formula is C14H25NO2. The number of hydrogen-bond donors (Lipinski definition) is 0. The molecule has 0 N–H and O–H groups in total. The summed E-state index contributed by atoms with van der Waals surface area (Å²) in [5.74, 6) is 0. The van der Waals surface area contributed by atoms with Crippen molar-refractivity contribution in [2.75, 3.05) is 20.2 Å². The normalized spacial score (nSPS) is 19.2. The summed E-state index contributed by atoms with van der Waals surface area (Å²) in [6.45, 7) is 14.2. The molecule has 3 heteroatoms. The summed E-state index contributed by atoms with van der Waals surface area (Å²) in [7, 11) is 1.79. The summed E-state index contributed by atoms with van der Waals surface area (Å²) < 4.78 is 5.31. The lowest BCUT2D eigenvalue weighted by Gasteiger charge is -2.32. The first kappa shape index (κ1) is 14.1. The molecule has 98 valence electrons. The fourth-order valence-corrected chi connectivity index (χ4v) is 2.09. The largest absolute Gasteiger partial charge is 0.445 e. The van der Waals surface area contributed by atoms with Crippen molar-refractivity contribution in [3.05, 3.63) is 11.1 Å². The maximum Gasteiger partial charge on any atom is 0.410 e. The number of hydrogen-bond acceptors (Lipinski definition) is 2. The Morgan fingerprint density at radius 2 is 1.47 bits per heavy atom. The molecule has 0 aromatic carbocycles. The molecule has 0 aromatic rings. The minimum atomic E-state index is -0.231. The highest BCUT2D eigenvalue weighted by Gasteiger charge is 2.32. The van der Waals surface area contributed by atoms with E-state index in [-0.39, 0.29) is 16.9 Å². The van der Waals surface area contributed by atoms with Gasteiger partial charge >= 0.3 is 6.09 Å². The minimum Gasteiger partial charge on any atom is -0.445 e. The van der Waals surface area contributed by atoms with Crippen molar-refractivity contribution in [3.8, 4) is 0 Å². The summed E-state index contributed by atoms with van der Waals surface area (Å²) >= 11 is 0. The van der Waals surface area contributed by atoms with Crippen LogP contribution in [-0.2, 0) is 4.74 Å². The van der Waals surface area contributed by atoms with E-state index in [1.54, 1.807) is 11.9 Å². The van der Waals surface area contributed by atoms with Gasteiger partial charge < -0.3 is 9.64 Å². The summed E-state index contributed by atoms with van der Waals surface area (Å²) in [5.41, 5.74) is 2.67. The van der Waals surface area contributed by atoms with Gasteiger partial charge in [-0.2, -0.15) is 0 Å². The van der Waals surface area contributed by atoms with Gasteiger partial charge in [-0.3, -0.25) is 0 Å². The molecule has 0 aromatic heterocycles. The Morgan fingerprint density at radius 1 is 1.00 bits per heavy atom. The lowest BCUT2D eigenvalue weighted by atomic mass is 9.75. The summed E-state index contributed by atoms with van der Waals surface area (Å²) in [6.07, 6.45) is -0.231. The fraction of sp³-hybridized carbons (Fsp3) is 0.786. The molecule has 1 rings (SSSR count). The molecule has 0 atom stereocenters. The molecule has 1 aliphatic rings. The molecule has 0 aliphatic carbocycles. The molecule has 17 heavy (non-hydrogen) atoms. The smallest absolute Gasteiger partial charge is 0.410 e. The van der Waals surface area contributed by atoms with E-state index in [4.69, 9.17) is 4.74 Å². The number of likely N-dealkylation sites (N-methyl/N-ethyl adjacent to an activating group) is 1. The van der Waals surface area contributed by atoms with Gasteiger partial charge in [-0.25, -0.2) is 4.79 Å². The van der Waals surface area contributed by atoms with Gasteiger partial charge in [-0.05, 0) is 22.0 Å². The van der Waals surface area contributed by atoms with Crippen LogP contribution >= 0.6 is 0 Å². The van der Waals surface area contributed by atoms with Crippen LogP contribution in [0.25, 0.3) is 0 Å². The van der Waals surface area contributed by atoms with Crippen LogP contribution in [0.1, 0.15) is 41.5 Å². The highest BCUT2D eigenvalue weighted by molar-refractivity contribution is 5.68. The maximum atomic E-state index is 11.6. The zero-order valence-electron chi connectivity index (χ0n) is 12.2. The molecule has 0 fully saturated rings. The Balaban J connectivity index is 3.25. The Bertz CT molecular complexity index is 342. The number of nitrogens with zero attached hydrogens (tertiary/aromatic N) is 1. The lowest BCUT2D eigenvalue weighted by molar-refractivity contribution is 0.123. The van der Waals surface area contributed by atoms with Crippen LogP contribution in [0.4, 0.5) is 4.79 Å². The van der Waals surface area contributed by atoms with Crippen molar-refractivity contribution in [2.24, 2.45) is 10.8 Å². The maximum absolute atomic E-state index is 11.6. The van der Waals surface area contributed by atoms with Crippen molar-refractivity contribution in [1.29, 1.82) is 0 Å². The van der Waals surface area contributed by atoms with Crippen LogP contribution in [0.2, 0.25) is 0 Å². The molecule has 1 heterocycles. The van der Waals surface area contributed by atoms with Crippen LogP contribution in [0.5, 0.6) is 0 Å². The second-order valence-corrected chi connectivity index (χ2v) is 6.87. The van der Waals surface area contributed by atoms with E-state index in [0.717, 1.165) is 0 Å². The molecule has 1 aliphatic heterocycles. The fourth-order valence-electron chi connectivity index (χ4n) is 2.09. The number of cyclic esters (lactones) is 1. The van der Waals surface area contributed by atoms with Crippen LogP contribution in [0.15, 0.2) is 11.1 Å². The predicted molar refractivity (Wildman–Crippen MR) is 69.9 cm³/mol. The highest BCUT2D eigenvalue weighted by Crippen LogP contribution is 2.38. The van der Waals surface area contributed by atoms with E-state index in [1.807, 2.05) is 0 Å². The number of ether oxygens (including phenoxy) is 1. The van der Waals surface area contributed by atoms with E-state index >= 15 is 0 Å². The molecular weight excluding hydrogens is 214 g/mol. The number of rotatable bonds is 0. The van der Waals surface area contributed by atoms with Crippen molar-refractivity contribution in [2.45, 2.75) is 41.5 Å². The third-order valence-electron chi connectivity index (χ3n) is 3.22. The average molecular weight is 239 g/mol. The number of carbonyl (C=O) groups excluding carboxylic acids is 1. The SMILES string of the molecule is CN1CC(C(C)(C)C)=C(C(C)(C)C)COC1=O. The second kappa shape index (κ2) is 4.35. The first-order valence-corrected chi connectivity index (χ1v) is 6.14. The summed E-state index contributed by atoms with van der Waals surface area (Å²) in [6, 6.07) is 0. The Kier molecular flexibility index (Phi) is 3.60. The summed E-state index contributed by atoms with van der Waals surface area (Å²) in [5, 5.41) is 0. The molecule has 0 bridgehead atoms. The van der Waals surface area contributed by atoms with Crippen LogP contribution < -0.4 is 0 Å². The standard InChI is InChI=1S/C14H25NO2/c1-13(2,3)10-8-15(7)12(16)17-9-11(10)14(4,5)6/h8-9H2,1-7H3. The van der Waals surface area contributed by atoms with Gasteiger partial charge in [0.25, 0.3) is 0 Å². The first-order chi connectivity index (χ1) is 7.53. The summed E-state index contributed by atoms with van der Waals surface area (Å²) in [4.78, 5) is 13.3. The molecule has 0 saturated carbocycles. The minimum absolute atomic E-state index is 0.0358. The van der Waals surface area contributed by atoms with Gasteiger partial charge in [-0.1, -0.05) is 41.5 Å². The van der Waals surface area contributed by atoms with E-state index in [0.29, 0.717) is 13.2 Å². The molecule has 0 radical (unpaired) electrons. The lowest BCUT2D eigenvalue weighted by Crippen LogP contribution is -2.30. The van der Waals surface area contributed by atoms with Crippen molar-refractivity contribution < 1.29 is 9.53 Å². The highest BCUT2D eigenvalue weighted by atomic mass is 16.6. The molecule has 0 unspecified atom stereocenters.